The summed E-state index contributed by atoms with van der Waals surface area (Å²) in [6, 6.07) is 9.64. The maximum absolute atomic E-state index is 12.3. The van der Waals surface area contributed by atoms with E-state index in [9.17, 15) is 13.2 Å². The molecule has 0 aliphatic heterocycles. The van der Waals surface area contributed by atoms with E-state index >= 15 is 0 Å². The van der Waals surface area contributed by atoms with E-state index in [0.29, 0.717) is 23.7 Å². The van der Waals surface area contributed by atoms with Crippen LogP contribution in [0.25, 0.3) is 0 Å². The predicted octanol–water partition coefficient (Wildman–Crippen LogP) is 2.34. The lowest BCUT2D eigenvalue weighted by molar-refractivity contribution is 0.0922. The Labute approximate surface area is 152 Å². The van der Waals surface area contributed by atoms with Crippen LogP contribution in [-0.4, -0.2) is 46.4 Å². The van der Waals surface area contributed by atoms with Crippen molar-refractivity contribution in [1.29, 1.82) is 0 Å². The molecule has 1 heterocycles. The zero-order valence-corrected chi connectivity index (χ0v) is 15.7. The molecule has 0 radical (unpaired) electrons. The van der Waals surface area contributed by atoms with Crippen LogP contribution < -0.4 is 5.32 Å². The molecule has 0 aliphatic rings. The van der Waals surface area contributed by atoms with Crippen molar-refractivity contribution in [3.8, 4) is 0 Å². The average Bonchev–Trinajstić information content (AvgIpc) is 2.96. The number of sulfone groups is 1. The van der Waals surface area contributed by atoms with Crippen LogP contribution in [-0.2, 0) is 21.3 Å². The number of halogens is 1. The molecule has 0 fully saturated rings. The minimum Gasteiger partial charge on any atom is -0.455 e. The molecule has 1 N–H and O–H groups in total. The molecule has 2 aromatic rings. The molecule has 8 heteroatoms. The van der Waals surface area contributed by atoms with Crippen LogP contribution in [0.4, 0.5) is 0 Å². The highest BCUT2D eigenvalue weighted by Crippen LogP contribution is 2.17. The Morgan fingerprint density at radius 1 is 1.12 bits per heavy atom. The second-order valence-corrected chi connectivity index (χ2v) is 8.48. The monoisotopic (exact) mass is 384 g/mol. The van der Waals surface area contributed by atoms with Crippen LogP contribution in [0.1, 0.15) is 21.9 Å². The molecular formula is C17H21ClN2O4S. The van der Waals surface area contributed by atoms with Crippen LogP contribution in [0.15, 0.2) is 40.8 Å². The highest BCUT2D eigenvalue weighted by atomic mass is 35.5. The lowest BCUT2D eigenvalue weighted by Gasteiger charge is -2.09. The third-order valence-corrected chi connectivity index (χ3v) is 5.14. The largest absolute Gasteiger partial charge is 0.455 e. The van der Waals surface area contributed by atoms with Crippen molar-refractivity contribution < 1.29 is 17.6 Å². The number of benzene rings is 1. The molecule has 0 aliphatic carbocycles. The standard InChI is InChI=1S/C17H21ClN2O4S/c1-20(2)10-9-19-17(21)16-8-7-15(24-16)12-25(22,23)11-13-3-5-14(18)6-4-13/h3-8H,9-12H2,1-2H3,(H,19,21). The predicted molar refractivity (Wildman–Crippen MR) is 97.4 cm³/mol. The fraction of sp³-hybridized carbons (Fsp3) is 0.353. The van der Waals surface area contributed by atoms with Crippen molar-refractivity contribution in [3.63, 3.8) is 0 Å². The van der Waals surface area contributed by atoms with Crippen LogP contribution in [0, 0.1) is 0 Å². The number of furan rings is 1. The summed E-state index contributed by atoms with van der Waals surface area (Å²) >= 11 is 5.79. The molecule has 0 bridgehead atoms. The lowest BCUT2D eigenvalue weighted by atomic mass is 10.2. The number of amides is 1. The molecule has 1 aromatic carbocycles. The van der Waals surface area contributed by atoms with Crippen LogP contribution in [0.3, 0.4) is 0 Å². The zero-order valence-electron chi connectivity index (χ0n) is 14.2. The minimum atomic E-state index is -3.42. The van der Waals surface area contributed by atoms with Gasteiger partial charge in [-0.25, -0.2) is 8.42 Å². The normalized spacial score (nSPS) is 11.7. The van der Waals surface area contributed by atoms with Gasteiger partial charge in [0.1, 0.15) is 11.5 Å². The van der Waals surface area contributed by atoms with E-state index in [1.54, 1.807) is 24.3 Å². The van der Waals surface area contributed by atoms with Gasteiger partial charge < -0.3 is 14.6 Å². The van der Waals surface area contributed by atoms with Crippen molar-refractivity contribution in [2.24, 2.45) is 0 Å². The quantitative estimate of drug-likeness (QED) is 0.755. The van der Waals surface area contributed by atoms with Gasteiger partial charge in [-0.1, -0.05) is 23.7 Å². The third kappa shape index (κ3) is 6.53. The Balaban J connectivity index is 1.95. The fourth-order valence-electron chi connectivity index (χ4n) is 2.16. The molecule has 1 amide bonds. The molecule has 0 spiro atoms. The van der Waals surface area contributed by atoms with Crippen molar-refractivity contribution >= 4 is 27.3 Å². The van der Waals surface area contributed by atoms with E-state index < -0.39 is 9.84 Å². The molecule has 6 nitrogen and oxygen atoms in total. The summed E-state index contributed by atoms with van der Waals surface area (Å²) in [7, 11) is 0.395. The van der Waals surface area contributed by atoms with Crippen molar-refractivity contribution in [3.05, 3.63) is 58.5 Å². The molecule has 0 saturated heterocycles. The summed E-state index contributed by atoms with van der Waals surface area (Å²) in [6.07, 6.45) is 0. The summed E-state index contributed by atoms with van der Waals surface area (Å²) in [5.41, 5.74) is 0.651. The van der Waals surface area contributed by atoms with Crippen LogP contribution in [0.5, 0.6) is 0 Å². The number of nitrogens with zero attached hydrogens (tertiary/aromatic N) is 1. The SMILES string of the molecule is CN(C)CCNC(=O)c1ccc(CS(=O)(=O)Cc2ccc(Cl)cc2)o1. The van der Waals surface area contributed by atoms with E-state index in [1.807, 2.05) is 19.0 Å². The summed E-state index contributed by atoms with van der Waals surface area (Å²) < 4.78 is 29.9. The number of rotatable bonds is 8. The third-order valence-electron chi connectivity index (χ3n) is 3.39. The number of hydrogen-bond donors (Lipinski definition) is 1. The van der Waals surface area contributed by atoms with E-state index in [2.05, 4.69) is 5.32 Å². The first kappa shape index (κ1) is 19.5. The van der Waals surface area contributed by atoms with Crippen LogP contribution >= 0.6 is 11.6 Å². The maximum atomic E-state index is 12.3. The summed E-state index contributed by atoms with van der Waals surface area (Å²) in [4.78, 5) is 13.9. The van der Waals surface area contributed by atoms with Gasteiger partial charge in [0.2, 0.25) is 0 Å². The second kappa shape index (κ2) is 8.51. The summed E-state index contributed by atoms with van der Waals surface area (Å²) in [5, 5.41) is 3.27. The van der Waals surface area contributed by atoms with Crippen molar-refractivity contribution in [1.82, 2.24) is 10.2 Å². The molecule has 136 valence electrons. The molecular weight excluding hydrogens is 364 g/mol. The Kier molecular flexibility index (Phi) is 6.64. The number of nitrogens with one attached hydrogen (secondary N) is 1. The first-order valence-corrected chi connectivity index (χ1v) is 9.91. The van der Waals surface area contributed by atoms with Gasteiger partial charge in [-0.15, -0.1) is 0 Å². The molecule has 0 atom stereocenters. The van der Waals surface area contributed by atoms with Gasteiger partial charge in [0, 0.05) is 18.1 Å². The molecule has 0 saturated carbocycles. The van der Waals surface area contributed by atoms with Gasteiger partial charge >= 0.3 is 0 Å². The molecule has 2 rings (SSSR count). The highest BCUT2D eigenvalue weighted by molar-refractivity contribution is 7.89. The molecule has 25 heavy (non-hydrogen) atoms. The van der Waals surface area contributed by atoms with Gasteiger partial charge in [-0.05, 0) is 43.9 Å². The Bertz CT molecular complexity index is 813. The number of carbonyl (C=O) groups excluding carboxylic acids is 1. The average molecular weight is 385 g/mol. The number of hydrogen-bond acceptors (Lipinski definition) is 5. The van der Waals surface area contributed by atoms with Gasteiger partial charge in [-0.2, -0.15) is 0 Å². The van der Waals surface area contributed by atoms with Gasteiger partial charge in [0.25, 0.3) is 5.91 Å². The summed E-state index contributed by atoms with van der Waals surface area (Å²) in [6.45, 7) is 1.19. The van der Waals surface area contributed by atoms with Gasteiger partial charge in [-0.3, -0.25) is 4.79 Å². The van der Waals surface area contributed by atoms with Crippen molar-refractivity contribution in [2.75, 3.05) is 27.2 Å². The van der Waals surface area contributed by atoms with E-state index in [-0.39, 0.29) is 28.9 Å². The van der Waals surface area contributed by atoms with Crippen molar-refractivity contribution in [2.45, 2.75) is 11.5 Å². The topological polar surface area (TPSA) is 79.6 Å². The summed E-state index contributed by atoms with van der Waals surface area (Å²) in [5.74, 6) is -0.388. The first-order valence-electron chi connectivity index (χ1n) is 7.72. The highest BCUT2D eigenvalue weighted by Gasteiger charge is 2.18. The minimum absolute atomic E-state index is 0.107. The van der Waals surface area contributed by atoms with Crippen LogP contribution in [0.2, 0.25) is 5.02 Å². The fourth-order valence-corrected chi connectivity index (χ4v) is 3.68. The zero-order chi connectivity index (χ0) is 18.4. The lowest BCUT2D eigenvalue weighted by Crippen LogP contribution is -2.31. The Hall–Kier alpha value is -1.83. The number of likely N-dealkylation sites (N-methyl/N-ethyl adjacent to an activating group) is 1. The van der Waals surface area contributed by atoms with Gasteiger partial charge in [0.15, 0.2) is 15.6 Å². The second-order valence-electron chi connectivity index (χ2n) is 5.98. The Morgan fingerprint density at radius 3 is 2.44 bits per heavy atom. The number of carbonyl (C=O) groups is 1. The molecule has 1 aromatic heterocycles. The van der Waals surface area contributed by atoms with E-state index in [1.165, 1.54) is 12.1 Å². The van der Waals surface area contributed by atoms with E-state index in [4.69, 9.17) is 16.0 Å². The van der Waals surface area contributed by atoms with Gasteiger partial charge in [0.05, 0.1) is 5.75 Å². The Morgan fingerprint density at radius 2 is 1.80 bits per heavy atom. The smallest absolute Gasteiger partial charge is 0.287 e. The van der Waals surface area contributed by atoms with E-state index in [0.717, 1.165) is 0 Å². The first-order chi connectivity index (χ1) is 11.7. The molecule has 0 unspecified atom stereocenters. The maximum Gasteiger partial charge on any atom is 0.287 e.